The van der Waals surface area contributed by atoms with E-state index in [0.29, 0.717) is 17.5 Å². The summed E-state index contributed by atoms with van der Waals surface area (Å²) in [5.41, 5.74) is 13.5. The highest BCUT2D eigenvalue weighted by Crippen LogP contribution is 2.49. The van der Waals surface area contributed by atoms with Gasteiger partial charge in [-0.05, 0) is 63.7 Å². The highest BCUT2D eigenvalue weighted by Gasteiger charge is 2.35. The molecule has 0 unspecified atom stereocenters. The minimum atomic E-state index is -0.0817. The van der Waals surface area contributed by atoms with Crippen molar-refractivity contribution in [2.24, 2.45) is 0 Å². The number of fused-ring (bicyclic) bond motifs is 6. The van der Waals surface area contributed by atoms with Crippen molar-refractivity contribution in [2.45, 2.75) is 19.3 Å². The molecule has 2 heterocycles. The van der Waals surface area contributed by atoms with Gasteiger partial charge in [0.2, 0.25) is 0 Å². The van der Waals surface area contributed by atoms with Crippen molar-refractivity contribution in [3.05, 3.63) is 181 Å². The summed E-state index contributed by atoms with van der Waals surface area (Å²) in [5, 5.41) is 2.41. The molecule has 246 valence electrons. The fourth-order valence-electron chi connectivity index (χ4n) is 8.10. The molecule has 2 aromatic heterocycles. The van der Waals surface area contributed by atoms with E-state index in [4.69, 9.17) is 15.0 Å². The first-order valence-electron chi connectivity index (χ1n) is 17.8. The van der Waals surface area contributed by atoms with Gasteiger partial charge in [0.05, 0.1) is 16.7 Å². The van der Waals surface area contributed by atoms with Crippen molar-refractivity contribution < 1.29 is 0 Å². The van der Waals surface area contributed by atoms with Gasteiger partial charge in [0.1, 0.15) is 0 Å². The lowest BCUT2D eigenvalue weighted by Gasteiger charge is -2.21. The minimum absolute atomic E-state index is 0.0817. The summed E-state index contributed by atoms with van der Waals surface area (Å²) < 4.78 is 2.37. The lowest BCUT2D eigenvalue weighted by molar-refractivity contribution is 0.660. The van der Waals surface area contributed by atoms with Crippen molar-refractivity contribution in [3.8, 4) is 62.1 Å². The van der Waals surface area contributed by atoms with Crippen LogP contribution in [0.2, 0.25) is 0 Å². The van der Waals surface area contributed by atoms with Gasteiger partial charge in [0.25, 0.3) is 0 Å². The maximum Gasteiger partial charge on any atom is 0.166 e. The molecular weight excluding hydrogens is 633 g/mol. The van der Waals surface area contributed by atoms with E-state index in [2.05, 4.69) is 170 Å². The highest BCUT2D eigenvalue weighted by atomic mass is 15.1. The Morgan fingerprint density at radius 3 is 1.63 bits per heavy atom. The smallest absolute Gasteiger partial charge is 0.166 e. The summed E-state index contributed by atoms with van der Waals surface area (Å²) in [5.74, 6) is 1.91. The molecule has 1 aliphatic rings. The average Bonchev–Trinajstić information content (AvgIpc) is 3.66. The van der Waals surface area contributed by atoms with E-state index in [0.717, 1.165) is 44.5 Å². The van der Waals surface area contributed by atoms with E-state index in [9.17, 15) is 0 Å². The van der Waals surface area contributed by atoms with Crippen molar-refractivity contribution >= 4 is 21.8 Å². The van der Waals surface area contributed by atoms with Crippen LogP contribution in [0.1, 0.15) is 25.0 Å². The van der Waals surface area contributed by atoms with Gasteiger partial charge in [-0.2, -0.15) is 0 Å². The topological polar surface area (TPSA) is 43.6 Å². The molecule has 4 heteroatoms. The second-order valence-electron chi connectivity index (χ2n) is 14.1. The van der Waals surface area contributed by atoms with Gasteiger partial charge >= 0.3 is 0 Å². The van der Waals surface area contributed by atoms with Gasteiger partial charge < -0.3 is 4.57 Å². The molecule has 0 fully saturated rings. The van der Waals surface area contributed by atoms with E-state index in [1.54, 1.807) is 0 Å². The fraction of sp³-hybridized carbons (Fsp3) is 0.0625. The summed E-state index contributed by atoms with van der Waals surface area (Å²) in [4.78, 5) is 15.7. The van der Waals surface area contributed by atoms with E-state index in [-0.39, 0.29) is 5.41 Å². The Kier molecular flexibility index (Phi) is 6.80. The molecule has 0 N–H and O–H groups in total. The number of rotatable bonds is 5. The first-order valence-corrected chi connectivity index (χ1v) is 17.8. The van der Waals surface area contributed by atoms with Crippen LogP contribution in [0, 0.1) is 0 Å². The molecule has 0 saturated carbocycles. The van der Waals surface area contributed by atoms with E-state index in [1.807, 2.05) is 18.2 Å². The van der Waals surface area contributed by atoms with E-state index >= 15 is 0 Å². The average molecular weight is 667 g/mol. The predicted octanol–water partition coefficient (Wildman–Crippen LogP) is 11.9. The monoisotopic (exact) mass is 666 g/mol. The van der Waals surface area contributed by atoms with Crippen LogP contribution in [0.3, 0.4) is 0 Å². The molecule has 7 aromatic carbocycles. The number of aromatic nitrogens is 4. The normalized spacial score (nSPS) is 13.0. The molecule has 0 radical (unpaired) electrons. The Morgan fingerprint density at radius 1 is 0.385 bits per heavy atom. The van der Waals surface area contributed by atoms with E-state index < -0.39 is 0 Å². The second-order valence-corrected chi connectivity index (χ2v) is 14.1. The Hall–Kier alpha value is -6.65. The third-order valence-corrected chi connectivity index (χ3v) is 10.7. The molecule has 1 aliphatic carbocycles. The largest absolute Gasteiger partial charge is 0.308 e. The van der Waals surface area contributed by atoms with Crippen LogP contribution in [0.5, 0.6) is 0 Å². The van der Waals surface area contributed by atoms with E-state index in [1.165, 1.54) is 33.0 Å². The number of hydrogen-bond acceptors (Lipinski definition) is 3. The minimum Gasteiger partial charge on any atom is -0.308 e. The molecular formula is C48H34N4. The number of nitrogens with zero attached hydrogens (tertiary/aromatic N) is 4. The van der Waals surface area contributed by atoms with Crippen LogP contribution in [0.15, 0.2) is 170 Å². The molecule has 0 bridgehead atoms. The number of para-hydroxylation sites is 2. The predicted molar refractivity (Wildman–Crippen MR) is 213 cm³/mol. The summed E-state index contributed by atoms with van der Waals surface area (Å²) in [6.45, 7) is 4.61. The molecule has 0 saturated heterocycles. The highest BCUT2D eigenvalue weighted by molar-refractivity contribution is 6.09. The molecule has 52 heavy (non-hydrogen) atoms. The Labute approximate surface area is 302 Å². The van der Waals surface area contributed by atoms with Crippen molar-refractivity contribution in [1.82, 2.24) is 19.5 Å². The first-order chi connectivity index (χ1) is 25.5. The van der Waals surface area contributed by atoms with Gasteiger partial charge in [-0.15, -0.1) is 0 Å². The molecule has 0 spiro atoms. The van der Waals surface area contributed by atoms with Crippen LogP contribution >= 0.6 is 0 Å². The van der Waals surface area contributed by atoms with Crippen molar-refractivity contribution in [2.75, 3.05) is 0 Å². The molecule has 0 aliphatic heterocycles. The van der Waals surface area contributed by atoms with Crippen LogP contribution in [0.4, 0.5) is 0 Å². The zero-order chi connectivity index (χ0) is 34.8. The molecule has 10 rings (SSSR count). The lowest BCUT2D eigenvalue weighted by Crippen LogP contribution is -2.14. The second kappa shape index (κ2) is 11.7. The maximum absolute atomic E-state index is 5.31. The molecule has 4 nitrogen and oxygen atoms in total. The number of benzene rings is 7. The lowest BCUT2D eigenvalue weighted by atomic mass is 9.82. The zero-order valence-electron chi connectivity index (χ0n) is 29.0. The van der Waals surface area contributed by atoms with Crippen LogP contribution in [0.25, 0.3) is 83.9 Å². The third kappa shape index (κ3) is 4.72. The standard InChI is InChI=1S/C48H34N4/c1-48(2)40-22-12-9-19-35(40)39-29-34(26-28-41(39)48)46-49-45(32-17-7-4-8-18-32)50-47(51-46)38-27-25-33(31-15-5-3-6-16-31)30-44(38)52-42-23-13-10-20-36(42)37-21-11-14-24-43(37)52/h3-30H,1-2H3. The molecule has 0 amide bonds. The quantitative estimate of drug-likeness (QED) is 0.184. The SMILES string of the molecule is CC1(C)c2ccccc2-c2cc(-c3nc(-c4ccccc4)nc(-c4ccc(-c5ccccc5)cc4-n4c5ccccc5c5ccccc54)n3)ccc21. The van der Waals surface area contributed by atoms with Crippen LogP contribution in [-0.4, -0.2) is 19.5 Å². The summed E-state index contributed by atoms with van der Waals surface area (Å²) in [6, 6.07) is 60.1. The Balaban J connectivity index is 1.24. The molecule has 9 aromatic rings. The number of hydrogen-bond donors (Lipinski definition) is 0. The van der Waals surface area contributed by atoms with Crippen LogP contribution < -0.4 is 0 Å². The molecule has 0 atom stereocenters. The third-order valence-electron chi connectivity index (χ3n) is 10.7. The zero-order valence-corrected chi connectivity index (χ0v) is 29.0. The van der Waals surface area contributed by atoms with Gasteiger partial charge in [0.15, 0.2) is 17.5 Å². The van der Waals surface area contributed by atoms with Gasteiger partial charge in [0, 0.05) is 32.9 Å². The van der Waals surface area contributed by atoms with Crippen LogP contribution in [-0.2, 0) is 5.41 Å². The maximum atomic E-state index is 5.31. The summed E-state index contributed by atoms with van der Waals surface area (Å²) >= 11 is 0. The Bertz CT molecular complexity index is 2760. The van der Waals surface area contributed by atoms with Crippen molar-refractivity contribution in [3.63, 3.8) is 0 Å². The summed E-state index contributed by atoms with van der Waals surface area (Å²) in [6.07, 6.45) is 0. The van der Waals surface area contributed by atoms with Gasteiger partial charge in [-0.1, -0.05) is 153 Å². The fourth-order valence-corrected chi connectivity index (χ4v) is 8.10. The first kappa shape index (κ1) is 30.2. The summed E-state index contributed by atoms with van der Waals surface area (Å²) in [7, 11) is 0. The Morgan fingerprint density at radius 2 is 0.923 bits per heavy atom. The van der Waals surface area contributed by atoms with Gasteiger partial charge in [-0.3, -0.25) is 0 Å². The van der Waals surface area contributed by atoms with Gasteiger partial charge in [-0.25, -0.2) is 15.0 Å². The van der Waals surface area contributed by atoms with Crippen molar-refractivity contribution in [1.29, 1.82) is 0 Å².